The van der Waals surface area contributed by atoms with Gasteiger partial charge in [0.2, 0.25) is 0 Å². The summed E-state index contributed by atoms with van der Waals surface area (Å²) < 4.78 is 11.2. The third kappa shape index (κ3) is 3.78. The molecule has 3 rings (SSSR count). The van der Waals surface area contributed by atoms with Crippen molar-refractivity contribution in [3.05, 3.63) is 64.2 Å². The predicted molar refractivity (Wildman–Crippen MR) is 86.9 cm³/mol. The van der Waals surface area contributed by atoms with Crippen molar-refractivity contribution in [3.8, 4) is 5.75 Å². The molecule has 0 radical (unpaired) electrons. The lowest BCUT2D eigenvalue weighted by Gasteiger charge is -2.30. The quantitative estimate of drug-likeness (QED) is 0.627. The van der Waals surface area contributed by atoms with Crippen LogP contribution >= 0.6 is 0 Å². The molecule has 1 saturated heterocycles. The van der Waals surface area contributed by atoms with Gasteiger partial charge < -0.3 is 14.4 Å². The van der Waals surface area contributed by atoms with Crippen LogP contribution in [0, 0.1) is 10.1 Å². The van der Waals surface area contributed by atoms with Crippen LogP contribution in [0.3, 0.4) is 0 Å². The first kappa shape index (κ1) is 15.3. The number of hydrogen-bond acceptors (Lipinski definition) is 5. The van der Waals surface area contributed by atoms with Gasteiger partial charge in [0.15, 0.2) is 0 Å². The summed E-state index contributed by atoms with van der Waals surface area (Å²) in [5, 5.41) is 11.0. The highest BCUT2D eigenvalue weighted by Gasteiger charge is 2.19. The molecule has 1 heterocycles. The maximum absolute atomic E-state index is 11.0. The van der Waals surface area contributed by atoms with Crippen LogP contribution in [-0.2, 0) is 11.3 Å². The number of ether oxygens (including phenoxy) is 2. The van der Waals surface area contributed by atoms with Crippen LogP contribution in [0.25, 0.3) is 0 Å². The zero-order valence-corrected chi connectivity index (χ0v) is 12.7. The summed E-state index contributed by atoms with van der Waals surface area (Å²) in [6.45, 7) is 3.17. The maximum atomic E-state index is 11.0. The lowest BCUT2D eigenvalue weighted by Crippen LogP contribution is -2.36. The van der Waals surface area contributed by atoms with E-state index < -0.39 is 4.92 Å². The van der Waals surface area contributed by atoms with E-state index in [1.807, 2.05) is 30.3 Å². The molecule has 0 atom stereocenters. The number of morpholine rings is 1. The maximum Gasteiger partial charge on any atom is 0.273 e. The summed E-state index contributed by atoms with van der Waals surface area (Å²) in [4.78, 5) is 12.8. The van der Waals surface area contributed by atoms with Gasteiger partial charge in [-0.15, -0.1) is 0 Å². The first-order valence-electron chi connectivity index (χ1n) is 7.52. The van der Waals surface area contributed by atoms with Gasteiger partial charge in [-0.1, -0.05) is 30.3 Å². The summed E-state index contributed by atoms with van der Waals surface area (Å²) >= 11 is 0. The standard InChI is InChI=1S/C17H18N2O4/c20-19(21)15-6-7-16(18-8-10-22-11-9-18)17(12-15)23-13-14-4-2-1-3-5-14/h1-7,12H,8-11,13H2. The lowest BCUT2D eigenvalue weighted by atomic mass is 10.2. The zero-order chi connectivity index (χ0) is 16.1. The highest BCUT2D eigenvalue weighted by molar-refractivity contribution is 5.62. The third-order valence-corrected chi connectivity index (χ3v) is 3.74. The minimum atomic E-state index is -0.404. The van der Waals surface area contributed by atoms with Crippen molar-refractivity contribution in [2.45, 2.75) is 6.61 Å². The monoisotopic (exact) mass is 314 g/mol. The van der Waals surface area contributed by atoms with Gasteiger partial charge in [0.05, 0.1) is 29.9 Å². The van der Waals surface area contributed by atoms with Gasteiger partial charge in [-0.05, 0) is 11.6 Å². The summed E-state index contributed by atoms with van der Waals surface area (Å²) in [5.41, 5.74) is 1.92. The van der Waals surface area contributed by atoms with E-state index in [1.165, 1.54) is 12.1 Å². The molecule has 1 aliphatic rings. The molecule has 0 saturated carbocycles. The average Bonchev–Trinajstić information content (AvgIpc) is 2.61. The molecule has 2 aromatic carbocycles. The number of nitro groups is 1. The fourth-order valence-electron chi connectivity index (χ4n) is 2.53. The van der Waals surface area contributed by atoms with Crippen LogP contribution in [0.15, 0.2) is 48.5 Å². The summed E-state index contributed by atoms with van der Waals surface area (Å²) in [7, 11) is 0. The normalized spacial score (nSPS) is 14.5. The van der Waals surface area contributed by atoms with E-state index in [2.05, 4.69) is 4.90 Å². The van der Waals surface area contributed by atoms with Crippen molar-refractivity contribution in [1.29, 1.82) is 0 Å². The molecule has 6 heteroatoms. The molecule has 120 valence electrons. The van der Waals surface area contributed by atoms with Gasteiger partial charge >= 0.3 is 0 Å². The van der Waals surface area contributed by atoms with E-state index >= 15 is 0 Å². The highest BCUT2D eigenvalue weighted by Crippen LogP contribution is 2.33. The third-order valence-electron chi connectivity index (χ3n) is 3.74. The Morgan fingerprint density at radius 3 is 2.57 bits per heavy atom. The van der Waals surface area contributed by atoms with E-state index in [-0.39, 0.29) is 5.69 Å². The number of hydrogen-bond donors (Lipinski definition) is 0. The van der Waals surface area contributed by atoms with E-state index in [0.29, 0.717) is 25.6 Å². The van der Waals surface area contributed by atoms with Gasteiger partial charge in [0.25, 0.3) is 5.69 Å². The lowest BCUT2D eigenvalue weighted by molar-refractivity contribution is -0.384. The van der Waals surface area contributed by atoms with Gasteiger partial charge in [0.1, 0.15) is 12.4 Å². The minimum absolute atomic E-state index is 0.0325. The van der Waals surface area contributed by atoms with Crippen LogP contribution in [-0.4, -0.2) is 31.2 Å². The summed E-state index contributed by atoms with van der Waals surface area (Å²) in [6, 6.07) is 14.5. The second kappa shape index (κ2) is 7.11. The average molecular weight is 314 g/mol. The van der Waals surface area contributed by atoms with E-state index in [4.69, 9.17) is 9.47 Å². The Balaban J connectivity index is 1.84. The van der Waals surface area contributed by atoms with Gasteiger partial charge in [-0.3, -0.25) is 10.1 Å². The van der Waals surface area contributed by atoms with Crippen LogP contribution in [0.5, 0.6) is 5.75 Å². The van der Waals surface area contributed by atoms with E-state index in [9.17, 15) is 10.1 Å². The fourth-order valence-corrected chi connectivity index (χ4v) is 2.53. The van der Waals surface area contributed by atoms with Crippen molar-refractivity contribution in [2.75, 3.05) is 31.2 Å². The fraction of sp³-hybridized carbons (Fsp3) is 0.294. The molecule has 0 aromatic heterocycles. The Hall–Kier alpha value is -2.60. The smallest absolute Gasteiger partial charge is 0.273 e. The van der Waals surface area contributed by atoms with E-state index in [1.54, 1.807) is 6.07 Å². The summed E-state index contributed by atoms with van der Waals surface area (Å²) in [6.07, 6.45) is 0. The van der Waals surface area contributed by atoms with Crippen molar-refractivity contribution >= 4 is 11.4 Å². The van der Waals surface area contributed by atoms with Crippen molar-refractivity contribution in [1.82, 2.24) is 0 Å². The Labute approximate surface area is 134 Å². The Morgan fingerprint density at radius 2 is 1.87 bits per heavy atom. The summed E-state index contributed by atoms with van der Waals surface area (Å²) in [5.74, 6) is 0.532. The number of anilines is 1. The van der Waals surface area contributed by atoms with Crippen LogP contribution < -0.4 is 9.64 Å². The molecule has 0 unspecified atom stereocenters. The van der Waals surface area contributed by atoms with Crippen LogP contribution in [0.2, 0.25) is 0 Å². The van der Waals surface area contributed by atoms with Crippen molar-refractivity contribution in [2.24, 2.45) is 0 Å². The molecule has 0 N–H and O–H groups in total. The molecule has 0 spiro atoms. The number of nitrogens with zero attached hydrogens (tertiary/aromatic N) is 2. The Morgan fingerprint density at radius 1 is 1.13 bits per heavy atom. The van der Waals surface area contributed by atoms with Crippen LogP contribution in [0.4, 0.5) is 11.4 Å². The number of non-ortho nitro benzene ring substituents is 1. The van der Waals surface area contributed by atoms with Gasteiger partial charge in [-0.25, -0.2) is 0 Å². The molecule has 1 fully saturated rings. The topological polar surface area (TPSA) is 64.8 Å². The van der Waals surface area contributed by atoms with Gasteiger partial charge in [0, 0.05) is 19.2 Å². The molecule has 0 bridgehead atoms. The molecule has 0 aliphatic carbocycles. The predicted octanol–water partition coefficient (Wildman–Crippen LogP) is 3.01. The first-order valence-corrected chi connectivity index (χ1v) is 7.52. The van der Waals surface area contributed by atoms with Gasteiger partial charge in [-0.2, -0.15) is 0 Å². The molecule has 2 aromatic rings. The SMILES string of the molecule is O=[N+]([O-])c1ccc(N2CCOCC2)c(OCc2ccccc2)c1. The highest BCUT2D eigenvalue weighted by atomic mass is 16.6. The molecular formula is C17H18N2O4. The number of benzene rings is 2. The van der Waals surface area contributed by atoms with Crippen LogP contribution in [0.1, 0.15) is 5.56 Å². The van der Waals surface area contributed by atoms with Crippen molar-refractivity contribution in [3.63, 3.8) is 0 Å². The Bertz CT molecular complexity index is 670. The second-order valence-electron chi connectivity index (χ2n) is 5.28. The number of nitro benzene ring substituents is 1. The molecule has 1 aliphatic heterocycles. The molecule has 23 heavy (non-hydrogen) atoms. The number of rotatable bonds is 5. The van der Waals surface area contributed by atoms with E-state index in [0.717, 1.165) is 24.3 Å². The minimum Gasteiger partial charge on any atom is -0.486 e. The molecule has 6 nitrogen and oxygen atoms in total. The second-order valence-corrected chi connectivity index (χ2v) is 5.28. The van der Waals surface area contributed by atoms with Crippen molar-refractivity contribution < 1.29 is 14.4 Å². The molecule has 0 amide bonds. The zero-order valence-electron chi connectivity index (χ0n) is 12.7. The first-order chi connectivity index (χ1) is 11.2. The largest absolute Gasteiger partial charge is 0.486 e. The Kier molecular flexibility index (Phi) is 4.73. The molecular weight excluding hydrogens is 296 g/mol.